The molecule has 0 radical (unpaired) electrons. The van der Waals surface area contributed by atoms with E-state index in [1.807, 2.05) is 0 Å². The minimum atomic E-state index is 0.426. The molecule has 70 valence electrons. The van der Waals surface area contributed by atoms with Crippen molar-refractivity contribution >= 4 is 11.8 Å². The van der Waals surface area contributed by atoms with Gasteiger partial charge in [0.2, 0.25) is 0 Å². The van der Waals surface area contributed by atoms with Gasteiger partial charge in [-0.05, 0) is 25.5 Å². The second kappa shape index (κ2) is 3.99. The summed E-state index contributed by atoms with van der Waals surface area (Å²) in [6.45, 7) is 3.12. The molecule has 12 heavy (non-hydrogen) atoms. The normalized spacial score (nSPS) is 42.2. The maximum Gasteiger partial charge on any atom is 0.0700 e. The van der Waals surface area contributed by atoms with E-state index in [0.717, 1.165) is 12.6 Å². The lowest BCUT2D eigenvalue weighted by Crippen LogP contribution is -2.41. The summed E-state index contributed by atoms with van der Waals surface area (Å²) in [5.74, 6) is 2.63. The Balaban J connectivity index is 1.77. The molecule has 0 bridgehead atoms. The van der Waals surface area contributed by atoms with Gasteiger partial charge in [-0.15, -0.1) is 0 Å². The summed E-state index contributed by atoms with van der Waals surface area (Å²) >= 11 is 2.06. The van der Waals surface area contributed by atoms with E-state index in [-0.39, 0.29) is 0 Å². The van der Waals surface area contributed by atoms with Crippen molar-refractivity contribution in [1.29, 1.82) is 0 Å². The first kappa shape index (κ1) is 8.85. The first-order chi connectivity index (χ1) is 5.86. The van der Waals surface area contributed by atoms with Crippen molar-refractivity contribution in [1.82, 2.24) is 5.32 Å². The SMILES string of the molecule is CC1OCCC1NC1CCSC1. The van der Waals surface area contributed by atoms with Crippen molar-refractivity contribution in [2.24, 2.45) is 0 Å². The molecule has 0 amide bonds. The van der Waals surface area contributed by atoms with Crippen molar-refractivity contribution in [2.75, 3.05) is 18.1 Å². The number of thioether (sulfide) groups is 1. The summed E-state index contributed by atoms with van der Waals surface area (Å²) in [5, 5.41) is 3.68. The van der Waals surface area contributed by atoms with Gasteiger partial charge >= 0.3 is 0 Å². The van der Waals surface area contributed by atoms with Gasteiger partial charge in [0, 0.05) is 24.4 Å². The second-order valence-corrected chi connectivity index (χ2v) is 4.85. The van der Waals surface area contributed by atoms with Gasteiger partial charge in [0.1, 0.15) is 0 Å². The fraction of sp³-hybridized carbons (Fsp3) is 1.00. The van der Waals surface area contributed by atoms with Gasteiger partial charge in [-0.25, -0.2) is 0 Å². The Morgan fingerprint density at radius 2 is 2.33 bits per heavy atom. The highest BCUT2D eigenvalue weighted by atomic mass is 32.2. The van der Waals surface area contributed by atoms with E-state index >= 15 is 0 Å². The van der Waals surface area contributed by atoms with E-state index in [2.05, 4.69) is 24.0 Å². The van der Waals surface area contributed by atoms with Gasteiger partial charge in [-0.2, -0.15) is 11.8 Å². The van der Waals surface area contributed by atoms with Crippen LogP contribution in [0.5, 0.6) is 0 Å². The smallest absolute Gasteiger partial charge is 0.0700 e. The van der Waals surface area contributed by atoms with E-state index in [1.54, 1.807) is 0 Å². The molecule has 2 nitrogen and oxygen atoms in total. The van der Waals surface area contributed by atoms with Crippen LogP contribution in [0, 0.1) is 0 Å². The van der Waals surface area contributed by atoms with Crippen LogP contribution in [0.1, 0.15) is 19.8 Å². The molecule has 2 aliphatic heterocycles. The molecule has 2 rings (SSSR count). The molecule has 3 atom stereocenters. The zero-order valence-corrected chi connectivity index (χ0v) is 8.40. The van der Waals surface area contributed by atoms with Gasteiger partial charge < -0.3 is 10.1 Å². The molecular weight excluding hydrogens is 170 g/mol. The molecule has 0 aromatic carbocycles. The number of nitrogens with one attached hydrogen (secondary N) is 1. The fourth-order valence-electron chi connectivity index (χ4n) is 1.92. The number of hydrogen-bond donors (Lipinski definition) is 1. The average molecular weight is 187 g/mol. The first-order valence-corrected chi connectivity index (χ1v) is 5.97. The predicted molar refractivity (Wildman–Crippen MR) is 52.7 cm³/mol. The van der Waals surface area contributed by atoms with Gasteiger partial charge in [0.25, 0.3) is 0 Å². The van der Waals surface area contributed by atoms with Crippen LogP contribution in [0.15, 0.2) is 0 Å². The molecule has 3 heteroatoms. The Kier molecular flexibility index (Phi) is 2.94. The quantitative estimate of drug-likeness (QED) is 0.703. The summed E-state index contributed by atoms with van der Waals surface area (Å²) in [4.78, 5) is 0. The Bertz CT molecular complexity index is 147. The third-order valence-corrected chi connectivity index (χ3v) is 3.92. The Hall–Kier alpha value is 0.270. The number of ether oxygens (including phenoxy) is 1. The molecular formula is C9H17NOS. The van der Waals surface area contributed by atoms with Gasteiger partial charge in [-0.3, -0.25) is 0 Å². The summed E-state index contributed by atoms with van der Waals surface area (Å²) in [5.41, 5.74) is 0. The summed E-state index contributed by atoms with van der Waals surface area (Å²) in [6, 6.07) is 1.37. The highest BCUT2D eigenvalue weighted by Gasteiger charge is 2.27. The third-order valence-electron chi connectivity index (χ3n) is 2.76. The monoisotopic (exact) mass is 187 g/mol. The fourth-order valence-corrected chi connectivity index (χ4v) is 3.08. The van der Waals surface area contributed by atoms with E-state index in [1.165, 1.54) is 24.3 Å². The number of hydrogen-bond acceptors (Lipinski definition) is 3. The Morgan fingerprint density at radius 1 is 1.42 bits per heavy atom. The molecule has 2 saturated heterocycles. The lowest BCUT2D eigenvalue weighted by molar-refractivity contribution is 0.111. The lowest BCUT2D eigenvalue weighted by atomic mass is 10.1. The standard InChI is InChI=1S/C9H17NOS/c1-7-9(2-4-11-7)10-8-3-5-12-6-8/h7-10H,2-6H2,1H3. The van der Waals surface area contributed by atoms with Gasteiger partial charge in [-0.1, -0.05) is 0 Å². The molecule has 2 fully saturated rings. The van der Waals surface area contributed by atoms with E-state index in [4.69, 9.17) is 4.74 Å². The zero-order chi connectivity index (χ0) is 8.39. The molecule has 2 aliphatic rings. The van der Waals surface area contributed by atoms with E-state index < -0.39 is 0 Å². The zero-order valence-electron chi connectivity index (χ0n) is 7.58. The van der Waals surface area contributed by atoms with Gasteiger partial charge in [0.05, 0.1) is 6.10 Å². The van der Waals surface area contributed by atoms with Crippen LogP contribution in [-0.2, 0) is 4.74 Å². The summed E-state index contributed by atoms with van der Waals surface area (Å²) in [7, 11) is 0. The highest BCUT2D eigenvalue weighted by Crippen LogP contribution is 2.20. The van der Waals surface area contributed by atoms with E-state index in [0.29, 0.717) is 12.1 Å². The van der Waals surface area contributed by atoms with Crippen LogP contribution in [0.4, 0.5) is 0 Å². The van der Waals surface area contributed by atoms with Crippen molar-refractivity contribution in [3.63, 3.8) is 0 Å². The lowest BCUT2D eigenvalue weighted by Gasteiger charge is -2.20. The van der Waals surface area contributed by atoms with Crippen molar-refractivity contribution in [2.45, 2.75) is 38.0 Å². The van der Waals surface area contributed by atoms with Gasteiger partial charge in [0.15, 0.2) is 0 Å². The molecule has 1 N–H and O–H groups in total. The maximum atomic E-state index is 5.51. The molecule has 0 aromatic rings. The van der Waals surface area contributed by atoms with Crippen LogP contribution in [0.25, 0.3) is 0 Å². The summed E-state index contributed by atoms with van der Waals surface area (Å²) in [6.07, 6.45) is 2.96. The van der Waals surface area contributed by atoms with Crippen LogP contribution < -0.4 is 5.32 Å². The minimum Gasteiger partial charge on any atom is -0.377 e. The van der Waals surface area contributed by atoms with Crippen LogP contribution in [-0.4, -0.2) is 36.3 Å². The average Bonchev–Trinajstić information content (AvgIpc) is 2.65. The molecule has 0 aromatic heterocycles. The molecule has 0 spiro atoms. The summed E-state index contributed by atoms with van der Waals surface area (Å²) < 4.78 is 5.51. The topological polar surface area (TPSA) is 21.3 Å². The third kappa shape index (κ3) is 1.95. The number of rotatable bonds is 2. The van der Waals surface area contributed by atoms with Crippen molar-refractivity contribution in [3.05, 3.63) is 0 Å². The largest absolute Gasteiger partial charge is 0.377 e. The van der Waals surface area contributed by atoms with Crippen molar-refractivity contribution in [3.8, 4) is 0 Å². The second-order valence-electron chi connectivity index (χ2n) is 3.70. The molecule has 2 heterocycles. The maximum absolute atomic E-state index is 5.51. The molecule has 0 aliphatic carbocycles. The molecule has 3 unspecified atom stereocenters. The van der Waals surface area contributed by atoms with Crippen LogP contribution in [0.2, 0.25) is 0 Å². The first-order valence-electron chi connectivity index (χ1n) is 4.81. The predicted octanol–water partition coefficient (Wildman–Crippen LogP) is 1.26. The van der Waals surface area contributed by atoms with Crippen molar-refractivity contribution < 1.29 is 4.74 Å². The van der Waals surface area contributed by atoms with E-state index in [9.17, 15) is 0 Å². The van der Waals surface area contributed by atoms with Crippen LogP contribution in [0.3, 0.4) is 0 Å². The Labute approximate surface area is 78.4 Å². The highest BCUT2D eigenvalue weighted by molar-refractivity contribution is 7.99. The van der Waals surface area contributed by atoms with Crippen LogP contribution >= 0.6 is 11.8 Å². The molecule has 0 saturated carbocycles. The Morgan fingerprint density at radius 3 is 2.92 bits per heavy atom. The minimum absolute atomic E-state index is 0.426.